The van der Waals surface area contributed by atoms with Crippen LogP contribution in [0.25, 0.3) is 28.5 Å². The van der Waals surface area contributed by atoms with Gasteiger partial charge in [0.25, 0.3) is 11.1 Å². The molecule has 1 saturated heterocycles. The number of nitrogens with zero attached hydrogens (tertiary/aromatic N) is 1. The van der Waals surface area contributed by atoms with E-state index in [1.165, 1.54) is 6.07 Å². The van der Waals surface area contributed by atoms with Crippen LogP contribution in [0.4, 0.5) is 18.0 Å². The molecule has 0 aliphatic carbocycles. The molecule has 0 atom stereocenters. The highest BCUT2D eigenvalue weighted by Crippen LogP contribution is 2.32. The van der Waals surface area contributed by atoms with Crippen LogP contribution in [-0.2, 0) is 11.0 Å². The Morgan fingerprint density at radius 3 is 2.41 bits per heavy atom. The lowest BCUT2D eigenvalue weighted by Crippen LogP contribution is -2.17. The number of benzene rings is 2. The molecular formula is C18H10F3N3O2S. The van der Waals surface area contributed by atoms with E-state index in [4.69, 9.17) is 0 Å². The van der Waals surface area contributed by atoms with Gasteiger partial charge < -0.3 is 4.98 Å². The number of hydrogen-bond donors (Lipinski definition) is 2. The average Bonchev–Trinajstić information content (AvgIpc) is 3.17. The minimum Gasteiger partial charge on any atom is -0.338 e. The number of imidazole rings is 1. The van der Waals surface area contributed by atoms with E-state index < -0.39 is 22.9 Å². The predicted molar refractivity (Wildman–Crippen MR) is 95.6 cm³/mol. The Bertz CT molecular complexity index is 1100. The molecule has 0 bridgehead atoms. The third kappa shape index (κ3) is 3.45. The minimum atomic E-state index is -4.42. The number of carbonyl (C=O) groups excluding carboxylic acids is 2. The van der Waals surface area contributed by atoms with Gasteiger partial charge in [-0.25, -0.2) is 4.98 Å². The van der Waals surface area contributed by atoms with Gasteiger partial charge in [0.1, 0.15) is 5.82 Å². The molecule has 2 heterocycles. The Balaban J connectivity index is 1.63. The van der Waals surface area contributed by atoms with Gasteiger partial charge >= 0.3 is 6.18 Å². The van der Waals surface area contributed by atoms with Crippen LogP contribution in [0, 0.1) is 0 Å². The maximum Gasteiger partial charge on any atom is 0.416 e. The molecule has 0 saturated carbocycles. The van der Waals surface area contributed by atoms with Crippen LogP contribution in [0.5, 0.6) is 0 Å². The van der Waals surface area contributed by atoms with Crippen molar-refractivity contribution < 1.29 is 22.8 Å². The summed E-state index contributed by atoms with van der Waals surface area (Å²) in [5, 5.41) is 1.76. The number of H-pyrrole nitrogens is 1. The van der Waals surface area contributed by atoms with Crippen molar-refractivity contribution in [2.24, 2.45) is 0 Å². The van der Waals surface area contributed by atoms with Crippen molar-refractivity contribution in [1.82, 2.24) is 15.3 Å². The topological polar surface area (TPSA) is 74.8 Å². The molecule has 2 amide bonds. The molecule has 1 aromatic heterocycles. The van der Waals surface area contributed by atoms with E-state index in [1.807, 2.05) is 0 Å². The van der Waals surface area contributed by atoms with Crippen LogP contribution in [0.3, 0.4) is 0 Å². The Kier molecular flexibility index (Phi) is 4.03. The molecule has 4 rings (SSSR count). The molecular weight excluding hydrogens is 379 g/mol. The van der Waals surface area contributed by atoms with Crippen molar-refractivity contribution in [2.75, 3.05) is 0 Å². The number of imide groups is 1. The Labute approximate surface area is 154 Å². The fourth-order valence-electron chi connectivity index (χ4n) is 2.63. The van der Waals surface area contributed by atoms with Crippen molar-refractivity contribution in [3.8, 4) is 11.4 Å². The molecule has 0 unspecified atom stereocenters. The Morgan fingerprint density at radius 2 is 1.78 bits per heavy atom. The zero-order valence-electron chi connectivity index (χ0n) is 13.4. The standard InChI is InChI=1S/C18H10F3N3O2S/c19-18(20,21)11-5-6-12-13(8-11)23-15(22-12)10-3-1-9(2-4-10)7-14-16(25)24-17(26)27-14/h1-8H,(H,22,23)(H,24,25,26)/b14-7+. The monoisotopic (exact) mass is 389 g/mol. The summed E-state index contributed by atoms with van der Waals surface area (Å²) >= 11 is 0.826. The molecule has 3 aromatic rings. The van der Waals surface area contributed by atoms with E-state index in [9.17, 15) is 22.8 Å². The number of aromatic nitrogens is 2. The molecule has 2 N–H and O–H groups in total. The maximum atomic E-state index is 12.8. The van der Waals surface area contributed by atoms with E-state index in [2.05, 4.69) is 15.3 Å². The van der Waals surface area contributed by atoms with E-state index in [0.717, 1.165) is 23.9 Å². The van der Waals surface area contributed by atoms with E-state index in [-0.39, 0.29) is 5.52 Å². The number of alkyl halides is 3. The summed E-state index contributed by atoms with van der Waals surface area (Å²) in [5.74, 6) is -0.00137. The number of hydrogen-bond acceptors (Lipinski definition) is 4. The summed E-state index contributed by atoms with van der Waals surface area (Å²) in [7, 11) is 0. The molecule has 1 aliphatic rings. The van der Waals surface area contributed by atoms with Gasteiger partial charge in [0.05, 0.1) is 21.5 Å². The first-order valence-corrected chi connectivity index (χ1v) is 8.53. The van der Waals surface area contributed by atoms with Crippen LogP contribution in [0.2, 0.25) is 0 Å². The van der Waals surface area contributed by atoms with Gasteiger partial charge in [0.2, 0.25) is 0 Å². The van der Waals surface area contributed by atoms with Crippen molar-refractivity contribution in [3.63, 3.8) is 0 Å². The van der Waals surface area contributed by atoms with Crippen LogP contribution in [0.15, 0.2) is 47.4 Å². The van der Waals surface area contributed by atoms with E-state index >= 15 is 0 Å². The van der Waals surface area contributed by atoms with Gasteiger partial charge in [-0.3, -0.25) is 14.9 Å². The van der Waals surface area contributed by atoms with Gasteiger partial charge in [0, 0.05) is 5.56 Å². The number of fused-ring (bicyclic) bond motifs is 1. The van der Waals surface area contributed by atoms with Crippen molar-refractivity contribution in [2.45, 2.75) is 6.18 Å². The summed E-state index contributed by atoms with van der Waals surface area (Å²) in [6, 6.07) is 10.3. The smallest absolute Gasteiger partial charge is 0.338 e. The predicted octanol–water partition coefficient (Wildman–Crippen LogP) is 4.57. The van der Waals surface area contributed by atoms with Crippen LogP contribution < -0.4 is 5.32 Å². The zero-order chi connectivity index (χ0) is 19.2. The number of rotatable bonds is 2. The molecule has 1 fully saturated rings. The van der Waals surface area contributed by atoms with Crippen LogP contribution in [0.1, 0.15) is 11.1 Å². The molecule has 136 valence electrons. The molecule has 27 heavy (non-hydrogen) atoms. The van der Waals surface area contributed by atoms with Crippen LogP contribution in [-0.4, -0.2) is 21.1 Å². The van der Waals surface area contributed by atoms with Gasteiger partial charge in [-0.15, -0.1) is 0 Å². The third-order valence-electron chi connectivity index (χ3n) is 3.93. The summed E-state index contributed by atoms with van der Waals surface area (Å²) in [6.07, 6.45) is -2.84. The molecule has 9 heteroatoms. The van der Waals surface area contributed by atoms with Gasteiger partial charge in [-0.2, -0.15) is 13.2 Å². The zero-order valence-corrected chi connectivity index (χ0v) is 14.2. The Morgan fingerprint density at radius 1 is 1.04 bits per heavy atom. The highest BCUT2D eigenvalue weighted by molar-refractivity contribution is 8.18. The lowest BCUT2D eigenvalue weighted by Gasteiger charge is -2.04. The highest BCUT2D eigenvalue weighted by atomic mass is 32.2. The number of carbonyl (C=O) groups is 2. The van der Waals surface area contributed by atoms with Gasteiger partial charge in [0.15, 0.2) is 0 Å². The first-order chi connectivity index (χ1) is 12.8. The average molecular weight is 389 g/mol. The van der Waals surface area contributed by atoms with Crippen molar-refractivity contribution in [3.05, 3.63) is 58.5 Å². The maximum absolute atomic E-state index is 12.8. The first kappa shape index (κ1) is 17.3. The molecule has 5 nitrogen and oxygen atoms in total. The summed E-state index contributed by atoms with van der Waals surface area (Å²) < 4.78 is 38.4. The van der Waals surface area contributed by atoms with E-state index in [1.54, 1.807) is 30.3 Å². The van der Waals surface area contributed by atoms with Crippen molar-refractivity contribution >= 4 is 40.0 Å². The number of amides is 2. The molecule has 0 spiro atoms. The summed E-state index contributed by atoms with van der Waals surface area (Å²) in [6.45, 7) is 0. The first-order valence-electron chi connectivity index (χ1n) is 7.72. The lowest BCUT2D eigenvalue weighted by molar-refractivity contribution is -0.137. The molecule has 0 radical (unpaired) electrons. The second kappa shape index (κ2) is 6.27. The summed E-state index contributed by atoms with van der Waals surface area (Å²) in [4.78, 5) is 30.3. The van der Waals surface area contributed by atoms with Gasteiger partial charge in [-0.1, -0.05) is 24.3 Å². The number of aromatic amines is 1. The summed E-state index contributed by atoms with van der Waals surface area (Å²) in [5.41, 5.74) is 1.37. The van der Waals surface area contributed by atoms with Crippen molar-refractivity contribution in [1.29, 1.82) is 0 Å². The quantitative estimate of drug-likeness (QED) is 0.630. The fourth-order valence-corrected chi connectivity index (χ4v) is 3.31. The Hall–Kier alpha value is -3.07. The van der Waals surface area contributed by atoms with Crippen LogP contribution >= 0.6 is 11.8 Å². The highest BCUT2D eigenvalue weighted by Gasteiger charge is 2.30. The minimum absolute atomic E-state index is 0.226. The molecule has 2 aromatic carbocycles. The number of nitrogens with one attached hydrogen (secondary N) is 2. The number of thioether (sulfide) groups is 1. The van der Waals surface area contributed by atoms with E-state index in [0.29, 0.717) is 27.4 Å². The fraction of sp³-hybridized carbons (Fsp3) is 0.0556. The normalized spacial score (nSPS) is 16.3. The van der Waals surface area contributed by atoms with Gasteiger partial charge in [-0.05, 0) is 41.6 Å². The second-order valence-corrected chi connectivity index (χ2v) is 6.80. The number of halogens is 3. The largest absolute Gasteiger partial charge is 0.416 e. The molecule has 1 aliphatic heterocycles. The lowest BCUT2D eigenvalue weighted by atomic mass is 10.1. The second-order valence-electron chi connectivity index (χ2n) is 5.79. The SMILES string of the molecule is O=C1NC(=O)/C(=C\c2ccc(-c3nc4cc(C(F)(F)F)ccc4[nH]3)cc2)S1. The third-order valence-corrected chi connectivity index (χ3v) is 4.74.